The van der Waals surface area contributed by atoms with Gasteiger partial charge in [0.25, 0.3) is 0 Å². The third-order valence-electron chi connectivity index (χ3n) is 5.30. The van der Waals surface area contributed by atoms with Crippen LogP contribution >= 0.6 is 0 Å². The smallest absolute Gasteiger partial charge is 0.228 e. The molecule has 7 nitrogen and oxygen atoms in total. The number of anilines is 1. The number of aryl methyl sites for hydroxylation is 2. The number of carbonyl (C=O) groups excluding carboxylic acids is 2. The lowest BCUT2D eigenvalue weighted by molar-refractivity contribution is -0.133. The maximum absolute atomic E-state index is 12.7. The van der Waals surface area contributed by atoms with E-state index in [1.54, 1.807) is 16.8 Å². The largest absolute Gasteiger partial charge is 0.491 e. The zero-order valence-electron chi connectivity index (χ0n) is 18.4. The molecule has 3 rings (SSSR count). The number of hydrogen-bond acceptors (Lipinski definition) is 5. The summed E-state index contributed by atoms with van der Waals surface area (Å²) in [5.41, 5.74) is 2.91. The molecule has 1 aromatic carbocycles. The zero-order valence-corrected chi connectivity index (χ0v) is 18.4. The predicted molar refractivity (Wildman–Crippen MR) is 115 cm³/mol. The van der Waals surface area contributed by atoms with Crippen LogP contribution in [0.3, 0.4) is 0 Å². The fraction of sp³-hybridized carbons (Fsp3) is 0.478. The van der Waals surface area contributed by atoms with Crippen molar-refractivity contribution in [2.75, 3.05) is 25.1 Å². The third kappa shape index (κ3) is 4.78. The summed E-state index contributed by atoms with van der Waals surface area (Å²) in [4.78, 5) is 37.5. The number of aromatic nitrogens is 2. The van der Waals surface area contributed by atoms with E-state index >= 15 is 0 Å². The van der Waals surface area contributed by atoms with Gasteiger partial charge in [-0.1, -0.05) is 32.0 Å². The molecule has 0 radical (unpaired) electrons. The topological polar surface area (TPSA) is 75.6 Å². The Morgan fingerprint density at radius 2 is 1.93 bits per heavy atom. The average molecular weight is 411 g/mol. The lowest BCUT2D eigenvalue weighted by Gasteiger charge is -2.30. The fourth-order valence-corrected chi connectivity index (χ4v) is 3.64. The highest BCUT2D eigenvalue weighted by Gasteiger charge is 2.28. The second-order valence-electron chi connectivity index (χ2n) is 8.04. The van der Waals surface area contributed by atoms with Gasteiger partial charge in [-0.3, -0.25) is 14.5 Å². The Morgan fingerprint density at radius 1 is 1.20 bits per heavy atom. The highest BCUT2D eigenvalue weighted by atomic mass is 16.5. The number of benzene rings is 1. The van der Waals surface area contributed by atoms with Crippen LogP contribution < -0.4 is 9.64 Å². The Morgan fingerprint density at radius 3 is 2.63 bits per heavy atom. The summed E-state index contributed by atoms with van der Waals surface area (Å²) in [6.45, 7) is 8.77. The molecule has 2 heterocycles. The van der Waals surface area contributed by atoms with Gasteiger partial charge in [0.15, 0.2) is 0 Å². The van der Waals surface area contributed by atoms with Gasteiger partial charge in [0, 0.05) is 30.6 Å². The van der Waals surface area contributed by atoms with Crippen molar-refractivity contribution in [1.29, 1.82) is 0 Å². The molecule has 7 heteroatoms. The molecular formula is C23H30N4O3. The number of hydrogen-bond donors (Lipinski definition) is 0. The predicted octanol–water partition coefficient (Wildman–Crippen LogP) is 3.07. The van der Waals surface area contributed by atoms with Crippen molar-refractivity contribution in [2.24, 2.45) is 5.92 Å². The van der Waals surface area contributed by atoms with Crippen molar-refractivity contribution in [1.82, 2.24) is 14.9 Å². The molecule has 2 aromatic rings. The zero-order chi connectivity index (χ0) is 21.8. The van der Waals surface area contributed by atoms with E-state index in [1.165, 1.54) is 0 Å². The fourth-order valence-electron chi connectivity index (χ4n) is 3.64. The molecule has 0 saturated heterocycles. The maximum atomic E-state index is 12.7. The van der Waals surface area contributed by atoms with E-state index in [-0.39, 0.29) is 17.7 Å². The highest BCUT2D eigenvalue weighted by Crippen LogP contribution is 2.28. The minimum Gasteiger partial charge on any atom is -0.491 e. The number of rotatable bonds is 7. The van der Waals surface area contributed by atoms with Gasteiger partial charge >= 0.3 is 0 Å². The van der Waals surface area contributed by atoms with E-state index in [0.29, 0.717) is 44.2 Å². The minimum absolute atomic E-state index is 0.0338. The normalized spacial score (nSPS) is 13.4. The monoisotopic (exact) mass is 410 g/mol. The first-order valence-electron chi connectivity index (χ1n) is 10.4. The van der Waals surface area contributed by atoms with Crippen LogP contribution in [0.2, 0.25) is 0 Å². The summed E-state index contributed by atoms with van der Waals surface area (Å²) >= 11 is 0. The third-order valence-corrected chi connectivity index (χ3v) is 5.30. The van der Waals surface area contributed by atoms with E-state index in [1.807, 2.05) is 52.0 Å². The molecule has 0 bridgehead atoms. The first-order chi connectivity index (χ1) is 14.3. The van der Waals surface area contributed by atoms with Crippen LogP contribution in [0.15, 0.2) is 24.3 Å². The van der Waals surface area contributed by atoms with E-state index < -0.39 is 0 Å². The number of amides is 2. The average Bonchev–Trinajstić information content (AvgIpc) is 2.70. The molecule has 0 unspecified atom stereocenters. The standard InChI is InChI=1S/C23H30N4O3/c1-15(2)23(29)26(5)14-20-24-17(4)18-10-11-21(28)27(22(18)25-20)12-13-30-19-9-7-6-8-16(19)3/h6-9,15H,10-14H2,1-5H3. The van der Waals surface area contributed by atoms with E-state index in [2.05, 4.69) is 9.97 Å². The van der Waals surface area contributed by atoms with Gasteiger partial charge in [0.2, 0.25) is 11.8 Å². The van der Waals surface area contributed by atoms with Gasteiger partial charge < -0.3 is 9.64 Å². The van der Waals surface area contributed by atoms with Crippen molar-refractivity contribution >= 4 is 17.6 Å². The second kappa shape index (κ2) is 9.24. The van der Waals surface area contributed by atoms with Crippen LogP contribution in [0, 0.1) is 19.8 Å². The van der Waals surface area contributed by atoms with Crippen LogP contribution in [0.25, 0.3) is 0 Å². The molecular weight excluding hydrogens is 380 g/mol. The Hall–Kier alpha value is -2.96. The van der Waals surface area contributed by atoms with Crippen LogP contribution in [-0.2, 0) is 22.6 Å². The molecule has 0 spiro atoms. The minimum atomic E-state index is -0.0922. The highest BCUT2D eigenvalue weighted by molar-refractivity contribution is 5.95. The summed E-state index contributed by atoms with van der Waals surface area (Å²) < 4.78 is 5.90. The number of para-hydroxylation sites is 1. The lowest BCUT2D eigenvalue weighted by Crippen LogP contribution is -2.40. The maximum Gasteiger partial charge on any atom is 0.228 e. The van der Waals surface area contributed by atoms with Gasteiger partial charge in [-0.2, -0.15) is 0 Å². The van der Waals surface area contributed by atoms with E-state index in [9.17, 15) is 9.59 Å². The summed E-state index contributed by atoms with van der Waals surface area (Å²) in [6, 6.07) is 7.82. The van der Waals surface area contributed by atoms with Gasteiger partial charge in [0.1, 0.15) is 24.0 Å². The molecule has 0 aliphatic carbocycles. The summed E-state index contributed by atoms with van der Waals surface area (Å²) in [5.74, 6) is 1.98. The van der Waals surface area contributed by atoms with Crippen LogP contribution in [0.1, 0.15) is 42.9 Å². The molecule has 160 valence electrons. The lowest BCUT2D eigenvalue weighted by atomic mass is 10.0. The molecule has 1 aliphatic heterocycles. The van der Waals surface area contributed by atoms with Gasteiger partial charge in [0.05, 0.1) is 13.1 Å². The first-order valence-corrected chi connectivity index (χ1v) is 10.4. The van der Waals surface area contributed by atoms with Gasteiger partial charge in [-0.15, -0.1) is 0 Å². The molecule has 0 fully saturated rings. The molecule has 1 aromatic heterocycles. The second-order valence-corrected chi connectivity index (χ2v) is 8.04. The van der Waals surface area contributed by atoms with Crippen LogP contribution in [0.5, 0.6) is 5.75 Å². The van der Waals surface area contributed by atoms with Crippen LogP contribution in [-0.4, -0.2) is 46.9 Å². The van der Waals surface area contributed by atoms with Crippen molar-refractivity contribution in [2.45, 2.75) is 47.1 Å². The number of carbonyl (C=O) groups is 2. The van der Waals surface area contributed by atoms with E-state index in [4.69, 9.17) is 4.74 Å². The molecule has 1 aliphatic rings. The Labute approximate surface area is 178 Å². The number of fused-ring (bicyclic) bond motifs is 1. The summed E-state index contributed by atoms with van der Waals surface area (Å²) in [5, 5.41) is 0. The van der Waals surface area contributed by atoms with Gasteiger partial charge in [-0.05, 0) is 31.9 Å². The quantitative estimate of drug-likeness (QED) is 0.701. The first kappa shape index (κ1) is 21.7. The summed E-state index contributed by atoms with van der Waals surface area (Å²) in [6.07, 6.45) is 1.07. The Bertz CT molecular complexity index is 942. The van der Waals surface area contributed by atoms with Crippen molar-refractivity contribution in [3.8, 4) is 5.75 Å². The van der Waals surface area contributed by atoms with Crippen molar-refractivity contribution < 1.29 is 14.3 Å². The molecule has 0 saturated carbocycles. The van der Waals surface area contributed by atoms with Crippen LogP contribution in [0.4, 0.5) is 5.82 Å². The molecule has 0 atom stereocenters. The Kier molecular flexibility index (Phi) is 6.70. The Balaban J connectivity index is 1.78. The number of nitrogens with zero attached hydrogens (tertiary/aromatic N) is 4. The molecule has 0 N–H and O–H groups in total. The summed E-state index contributed by atoms with van der Waals surface area (Å²) in [7, 11) is 1.75. The SMILES string of the molecule is Cc1ccccc1OCCN1C(=O)CCc2c(C)nc(CN(C)C(=O)C(C)C)nc21. The van der Waals surface area contributed by atoms with Crippen molar-refractivity contribution in [3.05, 3.63) is 46.9 Å². The molecule has 2 amide bonds. The van der Waals surface area contributed by atoms with Gasteiger partial charge in [-0.25, -0.2) is 9.97 Å². The van der Waals surface area contributed by atoms with Crippen molar-refractivity contribution in [3.63, 3.8) is 0 Å². The molecule has 30 heavy (non-hydrogen) atoms. The van der Waals surface area contributed by atoms with E-state index in [0.717, 1.165) is 22.6 Å². The number of ether oxygens (including phenoxy) is 1.